The zero-order chi connectivity index (χ0) is 11.5. The fraction of sp³-hybridized carbons (Fsp3) is 0.500. The number of hydrogen-bond donors (Lipinski definition) is 0. The third-order valence-electron chi connectivity index (χ3n) is 2.14. The van der Waals surface area contributed by atoms with E-state index in [9.17, 15) is 0 Å². The van der Waals surface area contributed by atoms with Crippen molar-refractivity contribution in [2.24, 2.45) is 0 Å². The molecule has 86 valence electrons. The molecule has 0 bridgehead atoms. The zero-order valence-electron chi connectivity index (χ0n) is 9.60. The summed E-state index contributed by atoms with van der Waals surface area (Å²) in [4.78, 5) is 10.6. The number of hydrogen-bond acceptors (Lipinski definition) is 6. The van der Waals surface area contributed by atoms with Gasteiger partial charge < -0.3 is 9.42 Å². The van der Waals surface area contributed by atoms with Crippen molar-refractivity contribution in [3.63, 3.8) is 0 Å². The maximum Gasteiger partial charge on any atom is 0.266 e. The molecule has 2 rings (SSSR count). The van der Waals surface area contributed by atoms with Crippen LogP contribution in [0.5, 0.6) is 0 Å². The number of aryl methyl sites for hydroxylation is 2. The Hall–Kier alpha value is -1.43. The molecule has 0 N–H and O–H groups in total. The van der Waals surface area contributed by atoms with Crippen LogP contribution >= 0.6 is 11.3 Å². The molecular weight excluding hydrogens is 224 g/mol. The van der Waals surface area contributed by atoms with Gasteiger partial charge in [0.05, 0.1) is 6.54 Å². The highest BCUT2D eigenvalue weighted by Crippen LogP contribution is 2.14. The van der Waals surface area contributed by atoms with Gasteiger partial charge in [-0.3, -0.25) is 0 Å². The van der Waals surface area contributed by atoms with Crippen LogP contribution in [0.2, 0.25) is 0 Å². The van der Waals surface area contributed by atoms with Crippen LogP contribution in [0.1, 0.15) is 23.5 Å². The lowest BCUT2D eigenvalue weighted by molar-refractivity contribution is 0.381. The Morgan fingerprint density at radius 2 is 2.25 bits per heavy atom. The highest BCUT2D eigenvalue weighted by Gasteiger charge is 2.11. The molecule has 0 fully saturated rings. The van der Waals surface area contributed by atoms with Gasteiger partial charge in [0.25, 0.3) is 5.95 Å². The number of thiazole rings is 1. The second kappa shape index (κ2) is 4.61. The molecule has 0 aliphatic carbocycles. The summed E-state index contributed by atoms with van der Waals surface area (Å²) in [5.74, 6) is 1.28. The van der Waals surface area contributed by atoms with Crippen LogP contribution in [0.25, 0.3) is 0 Å². The van der Waals surface area contributed by atoms with Gasteiger partial charge in [0, 0.05) is 24.5 Å². The highest BCUT2D eigenvalue weighted by atomic mass is 32.1. The first kappa shape index (κ1) is 11.1. The van der Waals surface area contributed by atoms with Gasteiger partial charge in [-0.05, 0) is 12.1 Å². The van der Waals surface area contributed by atoms with Crippen molar-refractivity contribution in [1.29, 1.82) is 0 Å². The van der Waals surface area contributed by atoms with Gasteiger partial charge in [0.1, 0.15) is 5.01 Å². The van der Waals surface area contributed by atoms with Crippen molar-refractivity contribution in [2.45, 2.75) is 26.8 Å². The second-order valence-corrected chi connectivity index (χ2v) is 4.52. The monoisotopic (exact) mass is 238 g/mol. The lowest BCUT2D eigenvalue weighted by Crippen LogP contribution is -2.17. The molecule has 0 aliphatic heterocycles. The fourth-order valence-corrected chi connectivity index (χ4v) is 2.12. The van der Waals surface area contributed by atoms with E-state index >= 15 is 0 Å². The summed E-state index contributed by atoms with van der Waals surface area (Å²) in [6.07, 6.45) is 0.761. The van der Waals surface area contributed by atoms with Crippen LogP contribution in [-0.4, -0.2) is 22.2 Å². The predicted octanol–water partition coefficient (Wildman–Crippen LogP) is 2.03. The van der Waals surface area contributed by atoms with Gasteiger partial charge in [-0.15, -0.1) is 11.3 Å². The molecule has 2 aromatic heterocycles. The van der Waals surface area contributed by atoms with Crippen molar-refractivity contribution in [2.75, 3.05) is 11.9 Å². The lowest BCUT2D eigenvalue weighted by atomic mass is 10.5. The van der Waals surface area contributed by atoms with Crippen LogP contribution in [0.3, 0.4) is 0 Å². The Kier molecular flexibility index (Phi) is 3.19. The Morgan fingerprint density at radius 3 is 2.81 bits per heavy atom. The minimum absolute atomic E-state index is 0.615. The molecule has 0 saturated carbocycles. The lowest BCUT2D eigenvalue weighted by Gasteiger charge is -2.11. The van der Waals surface area contributed by atoms with E-state index in [4.69, 9.17) is 4.52 Å². The molecule has 0 unspecified atom stereocenters. The third kappa shape index (κ3) is 2.38. The maximum atomic E-state index is 5.06. The van der Waals surface area contributed by atoms with E-state index in [1.54, 1.807) is 11.3 Å². The molecule has 0 saturated heterocycles. The van der Waals surface area contributed by atoms with Gasteiger partial charge in [0.2, 0.25) is 5.89 Å². The molecule has 16 heavy (non-hydrogen) atoms. The smallest absolute Gasteiger partial charge is 0.266 e. The standard InChI is InChI=1S/C10H14N4OS/c1-4-8-12-10(13-15-8)14(3)5-9-11-7(2)6-16-9/h6H,4-5H2,1-3H3. The first-order valence-corrected chi connectivity index (χ1v) is 6.01. The van der Waals surface area contributed by atoms with Gasteiger partial charge in [-0.25, -0.2) is 4.98 Å². The van der Waals surface area contributed by atoms with Crippen LogP contribution in [0, 0.1) is 6.92 Å². The first-order valence-electron chi connectivity index (χ1n) is 5.13. The number of rotatable bonds is 4. The minimum Gasteiger partial charge on any atom is -0.337 e. The molecule has 5 nitrogen and oxygen atoms in total. The predicted molar refractivity (Wildman–Crippen MR) is 62.6 cm³/mol. The van der Waals surface area contributed by atoms with Crippen LogP contribution in [0.4, 0.5) is 5.95 Å². The van der Waals surface area contributed by atoms with E-state index in [1.807, 2.05) is 31.2 Å². The summed E-state index contributed by atoms with van der Waals surface area (Å²) in [6, 6.07) is 0. The normalized spacial score (nSPS) is 10.7. The quantitative estimate of drug-likeness (QED) is 0.815. The largest absolute Gasteiger partial charge is 0.337 e. The van der Waals surface area contributed by atoms with Gasteiger partial charge in [-0.2, -0.15) is 4.98 Å². The van der Waals surface area contributed by atoms with Gasteiger partial charge in [0.15, 0.2) is 0 Å². The molecule has 0 aromatic carbocycles. The molecule has 0 spiro atoms. The van der Waals surface area contributed by atoms with E-state index < -0.39 is 0 Å². The van der Waals surface area contributed by atoms with Crippen molar-refractivity contribution >= 4 is 17.3 Å². The molecule has 0 aliphatic rings. The van der Waals surface area contributed by atoms with Crippen molar-refractivity contribution in [3.8, 4) is 0 Å². The summed E-state index contributed by atoms with van der Waals surface area (Å²) in [5, 5.41) is 7.00. The topological polar surface area (TPSA) is 55.1 Å². The summed E-state index contributed by atoms with van der Waals surface area (Å²) >= 11 is 1.65. The molecule has 0 atom stereocenters. The van der Waals surface area contributed by atoms with E-state index in [0.717, 1.165) is 17.1 Å². The SMILES string of the molecule is CCc1nc(N(C)Cc2nc(C)cs2)no1. The number of nitrogens with zero attached hydrogens (tertiary/aromatic N) is 4. The fourth-order valence-electron chi connectivity index (χ4n) is 1.29. The van der Waals surface area contributed by atoms with Crippen molar-refractivity contribution in [3.05, 3.63) is 22.0 Å². The summed E-state index contributed by atoms with van der Waals surface area (Å²) in [7, 11) is 1.93. The van der Waals surface area contributed by atoms with Crippen molar-refractivity contribution in [1.82, 2.24) is 15.1 Å². The summed E-state index contributed by atoms with van der Waals surface area (Å²) in [5.41, 5.74) is 1.05. The second-order valence-electron chi connectivity index (χ2n) is 3.58. The highest BCUT2D eigenvalue weighted by molar-refractivity contribution is 7.09. The van der Waals surface area contributed by atoms with Crippen molar-refractivity contribution < 1.29 is 4.52 Å². The van der Waals surface area contributed by atoms with E-state index in [0.29, 0.717) is 18.4 Å². The molecule has 6 heteroatoms. The van der Waals surface area contributed by atoms with E-state index in [-0.39, 0.29) is 0 Å². The maximum absolute atomic E-state index is 5.06. The molecule has 2 heterocycles. The van der Waals surface area contributed by atoms with Gasteiger partial charge >= 0.3 is 0 Å². The Morgan fingerprint density at radius 1 is 1.44 bits per heavy atom. The average molecular weight is 238 g/mol. The molecule has 0 amide bonds. The molecule has 0 radical (unpaired) electrons. The third-order valence-corrected chi connectivity index (χ3v) is 3.09. The Bertz CT molecular complexity index is 465. The first-order chi connectivity index (χ1) is 7.69. The Balaban J connectivity index is 2.05. The number of anilines is 1. The Labute approximate surface area is 98.1 Å². The average Bonchev–Trinajstić information content (AvgIpc) is 2.87. The van der Waals surface area contributed by atoms with Crippen LogP contribution < -0.4 is 4.90 Å². The molecular formula is C10H14N4OS. The van der Waals surface area contributed by atoms with Gasteiger partial charge in [-0.1, -0.05) is 6.92 Å². The summed E-state index contributed by atoms with van der Waals surface area (Å²) < 4.78 is 5.06. The van der Waals surface area contributed by atoms with E-state index in [2.05, 4.69) is 15.1 Å². The molecule has 2 aromatic rings. The zero-order valence-corrected chi connectivity index (χ0v) is 10.4. The van der Waals surface area contributed by atoms with Crippen LogP contribution in [0.15, 0.2) is 9.90 Å². The minimum atomic E-state index is 0.615. The summed E-state index contributed by atoms with van der Waals surface area (Å²) in [6.45, 7) is 4.69. The van der Waals surface area contributed by atoms with E-state index in [1.165, 1.54) is 0 Å². The van der Waals surface area contributed by atoms with Crippen LogP contribution in [-0.2, 0) is 13.0 Å². The number of aromatic nitrogens is 3.